The van der Waals surface area contributed by atoms with E-state index in [4.69, 9.17) is 0 Å². The molecule has 1 aromatic heterocycles. The van der Waals surface area contributed by atoms with Crippen LogP contribution in [0, 0.1) is 10.8 Å². The number of carbonyl (C=O) groups excluding carboxylic acids is 3. The molecule has 0 bridgehead atoms. The van der Waals surface area contributed by atoms with Gasteiger partial charge >= 0.3 is 5.97 Å². The van der Waals surface area contributed by atoms with Crippen LogP contribution < -0.4 is 10.2 Å². The second kappa shape index (κ2) is 7.61. The Balaban J connectivity index is 1.49. The number of methoxy groups -OCH3 is 1. The van der Waals surface area contributed by atoms with E-state index in [-0.39, 0.29) is 36.0 Å². The molecule has 2 amide bonds. The lowest BCUT2D eigenvalue weighted by molar-refractivity contribution is -0.145. The van der Waals surface area contributed by atoms with Crippen molar-refractivity contribution in [3.63, 3.8) is 0 Å². The van der Waals surface area contributed by atoms with E-state index >= 15 is 0 Å². The van der Waals surface area contributed by atoms with E-state index < -0.39 is 5.41 Å². The Labute approximate surface area is 169 Å². The van der Waals surface area contributed by atoms with Crippen molar-refractivity contribution in [1.29, 1.82) is 0 Å². The van der Waals surface area contributed by atoms with Crippen LogP contribution in [0.5, 0.6) is 0 Å². The van der Waals surface area contributed by atoms with Crippen LogP contribution in [0.3, 0.4) is 0 Å². The lowest BCUT2D eigenvalue weighted by Gasteiger charge is -2.46. The first-order valence-electron chi connectivity index (χ1n) is 10.1. The molecule has 0 aromatic carbocycles. The maximum atomic E-state index is 13.0. The number of hydrogen-bond acceptors (Lipinski definition) is 7. The molecule has 0 saturated carbocycles. The van der Waals surface area contributed by atoms with Crippen molar-refractivity contribution in [1.82, 2.24) is 20.2 Å². The molecule has 4 heterocycles. The lowest BCUT2D eigenvalue weighted by Crippen LogP contribution is -2.53. The van der Waals surface area contributed by atoms with E-state index in [9.17, 15) is 14.4 Å². The van der Waals surface area contributed by atoms with E-state index in [1.807, 2.05) is 4.90 Å². The number of nitrogens with one attached hydrogen (secondary N) is 1. The van der Waals surface area contributed by atoms with Gasteiger partial charge < -0.3 is 19.9 Å². The summed E-state index contributed by atoms with van der Waals surface area (Å²) in [6, 6.07) is 1.78. The molecule has 156 valence electrons. The Morgan fingerprint density at radius 2 is 1.86 bits per heavy atom. The molecule has 1 atom stereocenters. The normalized spacial score (nSPS) is 25.5. The number of rotatable bonds is 4. The van der Waals surface area contributed by atoms with Crippen molar-refractivity contribution in [3.05, 3.63) is 18.5 Å². The van der Waals surface area contributed by atoms with Gasteiger partial charge in [0.05, 0.1) is 18.9 Å². The van der Waals surface area contributed by atoms with Gasteiger partial charge in [-0.15, -0.1) is 0 Å². The third kappa shape index (κ3) is 3.32. The Morgan fingerprint density at radius 3 is 2.48 bits per heavy atom. The molecule has 3 aliphatic heterocycles. The summed E-state index contributed by atoms with van der Waals surface area (Å²) < 4.78 is 4.62. The topological polar surface area (TPSA) is 105 Å². The number of ether oxygens (including phenoxy) is 1. The van der Waals surface area contributed by atoms with Gasteiger partial charge in [0.25, 0.3) is 0 Å². The molecule has 2 spiro atoms. The van der Waals surface area contributed by atoms with E-state index in [1.54, 1.807) is 18.5 Å². The van der Waals surface area contributed by atoms with Crippen LogP contribution in [-0.4, -0.2) is 72.5 Å². The van der Waals surface area contributed by atoms with Crippen molar-refractivity contribution in [2.45, 2.75) is 32.1 Å². The van der Waals surface area contributed by atoms with Crippen LogP contribution in [-0.2, 0) is 19.1 Å². The van der Waals surface area contributed by atoms with Crippen molar-refractivity contribution in [2.75, 3.05) is 44.7 Å². The maximum Gasteiger partial charge on any atom is 0.306 e. The van der Waals surface area contributed by atoms with E-state index in [0.29, 0.717) is 38.7 Å². The summed E-state index contributed by atoms with van der Waals surface area (Å²) >= 11 is 0. The van der Waals surface area contributed by atoms with Crippen molar-refractivity contribution >= 4 is 23.7 Å². The standard InChI is InChI=1S/C20H27N5O4/c1-29-16(27)4-3-15(26)24-11-6-19(7-12-24)13-25(18-22-8-2-9-23-18)14-20(19)5-10-21-17(20)28/h2,8-9H,3-7,10-14H2,1H3,(H,21,28). The van der Waals surface area contributed by atoms with Gasteiger partial charge in [0.2, 0.25) is 17.8 Å². The first-order chi connectivity index (χ1) is 14.0. The zero-order valence-corrected chi connectivity index (χ0v) is 16.7. The van der Waals surface area contributed by atoms with Crippen LogP contribution >= 0.6 is 0 Å². The molecule has 3 fully saturated rings. The first-order valence-corrected chi connectivity index (χ1v) is 10.1. The van der Waals surface area contributed by atoms with Gasteiger partial charge in [-0.3, -0.25) is 14.4 Å². The molecule has 0 aliphatic carbocycles. The Hall–Kier alpha value is -2.71. The number of esters is 1. The van der Waals surface area contributed by atoms with Gasteiger partial charge in [-0.1, -0.05) is 0 Å². The predicted octanol–water partition coefficient (Wildman–Crippen LogP) is 0.365. The molecule has 4 rings (SSSR count). The number of piperidine rings is 1. The predicted molar refractivity (Wildman–Crippen MR) is 104 cm³/mol. The highest BCUT2D eigenvalue weighted by Gasteiger charge is 2.64. The smallest absolute Gasteiger partial charge is 0.306 e. The molecule has 9 heteroatoms. The average molecular weight is 401 g/mol. The summed E-state index contributed by atoms with van der Waals surface area (Å²) in [5.41, 5.74) is -0.667. The average Bonchev–Trinajstić information content (AvgIpc) is 3.28. The largest absolute Gasteiger partial charge is 0.469 e. The highest BCUT2D eigenvalue weighted by Crippen LogP contribution is 2.56. The number of fused-ring (bicyclic) bond motifs is 1. The Bertz CT molecular complexity index is 793. The summed E-state index contributed by atoms with van der Waals surface area (Å²) in [7, 11) is 1.33. The van der Waals surface area contributed by atoms with Crippen LogP contribution in [0.25, 0.3) is 0 Å². The van der Waals surface area contributed by atoms with Crippen molar-refractivity contribution in [2.24, 2.45) is 10.8 Å². The Morgan fingerprint density at radius 1 is 1.14 bits per heavy atom. The molecular weight excluding hydrogens is 374 g/mol. The summed E-state index contributed by atoms with van der Waals surface area (Å²) in [6.07, 6.45) is 6.01. The summed E-state index contributed by atoms with van der Waals surface area (Å²) in [4.78, 5) is 49.5. The zero-order valence-electron chi connectivity index (χ0n) is 16.7. The van der Waals surface area contributed by atoms with Crippen LogP contribution in [0.1, 0.15) is 32.1 Å². The fourth-order valence-electron chi connectivity index (χ4n) is 5.28. The fraction of sp³-hybridized carbons (Fsp3) is 0.650. The quantitative estimate of drug-likeness (QED) is 0.727. The van der Waals surface area contributed by atoms with Gasteiger partial charge in [-0.2, -0.15) is 0 Å². The summed E-state index contributed by atoms with van der Waals surface area (Å²) in [6.45, 7) is 3.21. The van der Waals surface area contributed by atoms with Crippen LogP contribution in [0.15, 0.2) is 18.5 Å². The monoisotopic (exact) mass is 401 g/mol. The molecule has 3 saturated heterocycles. The number of likely N-dealkylation sites (tertiary alicyclic amines) is 1. The summed E-state index contributed by atoms with van der Waals surface area (Å²) in [5, 5.41) is 3.03. The highest BCUT2D eigenvalue weighted by atomic mass is 16.5. The number of hydrogen-bond donors (Lipinski definition) is 1. The third-order valence-corrected chi connectivity index (χ3v) is 6.92. The van der Waals surface area contributed by atoms with Crippen molar-refractivity contribution in [3.8, 4) is 0 Å². The second-order valence-electron chi connectivity index (χ2n) is 8.23. The van der Waals surface area contributed by atoms with Crippen LogP contribution in [0.2, 0.25) is 0 Å². The Kier molecular flexibility index (Phi) is 5.14. The van der Waals surface area contributed by atoms with Gasteiger partial charge in [0, 0.05) is 57.0 Å². The molecule has 9 nitrogen and oxygen atoms in total. The molecule has 29 heavy (non-hydrogen) atoms. The first kappa shape index (κ1) is 19.6. The number of amides is 2. The van der Waals surface area contributed by atoms with E-state index in [1.165, 1.54) is 7.11 Å². The number of anilines is 1. The lowest BCUT2D eigenvalue weighted by atomic mass is 9.60. The molecule has 3 aliphatic rings. The molecule has 0 radical (unpaired) electrons. The van der Waals surface area contributed by atoms with E-state index in [2.05, 4.69) is 24.9 Å². The van der Waals surface area contributed by atoms with Gasteiger partial charge in [-0.05, 0) is 25.3 Å². The van der Waals surface area contributed by atoms with E-state index in [0.717, 1.165) is 19.3 Å². The molecule has 1 aromatic rings. The summed E-state index contributed by atoms with van der Waals surface area (Å²) in [5.74, 6) is 0.362. The number of carbonyl (C=O) groups is 3. The molecule has 1 N–H and O–H groups in total. The maximum absolute atomic E-state index is 13.0. The van der Waals surface area contributed by atoms with Gasteiger partial charge in [-0.25, -0.2) is 9.97 Å². The van der Waals surface area contributed by atoms with Gasteiger partial charge in [0.1, 0.15) is 0 Å². The minimum atomic E-state index is -0.465. The molecular formula is C20H27N5O4. The third-order valence-electron chi connectivity index (χ3n) is 6.92. The van der Waals surface area contributed by atoms with Crippen LogP contribution in [0.4, 0.5) is 5.95 Å². The number of nitrogens with zero attached hydrogens (tertiary/aromatic N) is 4. The van der Waals surface area contributed by atoms with Crippen molar-refractivity contribution < 1.29 is 19.1 Å². The minimum absolute atomic E-state index is 0.0311. The zero-order chi connectivity index (χ0) is 20.5. The number of aromatic nitrogens is 2. The highest BCUT2D eigenvalue weighted by molar-refractivity contribution is 5.87. The molecule has 1 unspecified atom stereocenters. The minimum Gasteiger partial charge on any atom is -0.469 e. The fourth-order valence-corrected chi connectivity index (χ4v) is 5.28. The SMILES string of the molecule is COC(=O)CCC(=O)N1CCC2(CC1)CN(c1ncccn1)CC21CCNC1=O. The van der Waals surface area contributed by atoms with Gasteiger partial charge in [0.15, 0.2) is 0 Å². The second-order valence-corrected chi connectivity index (χ2v) is 8.23.